The van der Waals surface area contributed by atoms with Crippen LogP contribution < -0.4 is 5.32 Å². The number of aromatic carboxylic acids is 1. The van der Waals surface area contributed by atoms with Gasteiger partial charge in [-0.05, 0) is 17.7 Å². The number of carbonyl (C=O) groups is 3. The predicted molar refractivity (Wildman–Crippen MR) is 71.5 cm³/mol. The number of aliphatic carboxylic acids is 1. The van der Waals surface area contributed by atoms with Gasteiger partial charge in [0, 0.05) is 12.3 Å². The minimum absolute atomic E-state index is 0.105. The number of rotatable bonds is 6. The van der Waals surface area contributed by atoms with E-state index in [0.29, 0.717) is 5.56 Å². The Kier molecular flexibility index (Phi) is 5.25. The van der Waals surface area contributed by atoms with Gasteiger partial charge in [-0.25, -0.2) is 9.59 Å². The summed E-state index contributed by atoms with van der Waals surface area (Å²) in [6, 6.07) is 4.87. The number of hydrogen-bond donors (Lipinski definition) is 3. The van der Waals surface area contributed by atoms with Gasteiger partial charge >= 0.3 is 11.9 Å². The summed E-state index contributed by atoms with van der Waals surface area (Å²) in [5, 5.41) is 20.3. The molecule has 0 aliphatic heterocycles. The number of carbonyl (C=O) groups excluding carboxylic acids is 1. The number of hydrogen-bond acceptors (Lipinski definition) is 3. The lowest BCUT2D eigenvalue weighted by molar-refractivity contribution is -0.142. The van der Waals surface area contributed by atoms with Crippen LogP contribution in [0.25, 0.3) is 0 Å². The van der Waals surface area contributed by atoms with E-state index in [4.69, 9.17) is 10.2 Å². The van der Waals surface area contributed by atoms with Crippen LogP contribution >= 0.6 is 0 Å². The Morgan fingerprint density at radius 1 is 1.10 bits per heavy atom. The molecule has 0 fully saturated rings. The Bertz CT molecular complexity index is 507. The fourth-order valence-electron chi connectivity index (χ4n) is 1.56. The molecule has 0 bridgehead atoms. The van der Waals surface area contributed by atoms with Crippen LogP contribution in [-0.4, -0.2) is 34.1 Å². The van der Waals surface area contributed by atoms with Crippen molar-refractivity contribution in [2.45, 2.75) is 26.3 Å². The van der Waals surface area contributed by atoms with Gasteiger partial charge in [0.25, 0.3) is 0 Å². The minimum Gasteiger partial charge on any atom is -0.480 e. The minimum atomic E-state index is -1.12. The predicted octanol–water partition coefficient (Wildman–Crippen LogP) is 1.15. The Morgan fingerprint density at radius 2 is 1.65 bits per heavy atom. The van der Waals surface area contributed by atoms with Crippen molar-refractivity contribution in [1.82, 2.24) is 5.32 Å². The molecule has 0 aliphatic carbocycles. The van der Waals surface area contributed by atoms with Crippen LogP contribution in [0.15, 0.2) is 24.3 Å². The monoisotopic (exact) mass is 279 g/mol. The molecule has 6 nitrogen and oxygen atoms in total. The van der Waals surface area contributed by atoms with E-state index < -0.39 is 18.0 Å². The molecule has 0 unspecified atom stereocenters. The second kappa shape index (κ2) is 6.70. The van der Waals surface area contributed by atoms with Crippen molar-refractivity contribution in [3.05, 3.63) is 35.4 Å². The molecule has 1 atom stereocenters. The Hall–Kier alpha value is -2.37. The average molecular weight is 279 g/mol. The zero-order chi connectivity index (χ0) is 15.3. The lowest BCUT2D eigenvalue weighted by Crippen LogP contribution is -2.44. The quantitative estimate of drug-likeness (QED) is 0.724. The first-order valence-electron chi connectivity index (χ1n) is 6.16. The normalized spacial score (nSPS) is 11.9. The van der Waals surface area contributed by atoms with E-state index in [1.165, 1.54) is 12.1 Å². The first-order valence-corrected chi connectivity index (χ1v) is 6.16. The molecule has 6 heteroatoms. The van der Waals surface area contributed by atoms with E-state index in [9.17, 15) is 14.4 Å². The summed E-state index contributed by atoms with van der Waals surface area (Å²) < 4.78 is 0. The maximum Gasteiger partial charge on any atom is 0.335 e. The van der Waals surface area contributed by atoms with Gasteiger partial charge in [0.15, 0.2) is 0 Å². The van der Waals surface area contributed by atoms with Gasteiger partial charge in [0.2, 0.25) is 5.91 Å². The number of benzene rings is 1. The molecule has 0 aliphatic rings. The van der Waals surface area contributed by atoms with Crippen LogP contribution in [0.5, 0.6) is 0 Å². The maximum atomic E-state index is 11.5. The van der Waals surface area contributed by atoms with Crippen molar-refractivity contribution in [3.8, 4) is 0 Å². The average Bonchev–Trinajstić information content (AvgIpc) is 2.38. The van der Waals surface area contributed by atoms with Crippen LogP contribution in [0.1, 0.15) is 29.8 Å². The molecule has 0 spiro atoms. The largest absolute Gasteiger partial charge is 0.480 e. The highest BCUT2D eigenvalue weighted by atomic mass is 16.4. The van der Waals surface area contributed by atoms with Crippen LogP contribution in [0.2, 0.25) is 0 Å². The van der Waals surface area contributed by atoms with Gasteiger partial charge in [-0.2, -0.15) is 0 Å². The standard InChI is InChI=1S/C14H17NO5/c1-8(2)12(16)15-11(14(19)20)7-9-3-5-10(6-4-9)13(17)18/h3-6,8,11H,7H2,1-2H3,(H,15,16)(H,17,18)(H,19,20)/t11-/m1/s1. The first kappa shape index (κ1) is 15.7. The molecule has 0 aromatic heterocycles. The number of nitrogens with one attached hydrogen (secondary N) is 1. The van der Waals surface area contributed by atoms with Crippen molar-refractivity contribution in [1.29, 1.82) is 0 Å². The lowest BCUT2D eigenvalue weighted by Gasteiger charge is -2.16. The maximum absolute atomic E-state index is 11.5. The fourth-order valence-corrected chi connectivity index (χ4v) is 1.56. The van der Waals surface area contributed by atoms with E-state index >= 15 is 0 Å². The summed E-state index contributed by atoms with van der Waals surface area (Å²) in [5.74, 6) is -2.80. The van der Waals surface area contributed by atoms with Gasteiger partial charge < -0.3 is 15.5 Å². The van der Waals surface area contributed by atoms with Crippen LogP contribution in [0, 0.1) is 5.92 Å². The van der Waals surface area contributed by atoms with E-state index in [-0.39, 0.29) is 23.8 Å². The summed E-state index contributed by atoms with van der Waals surface area (Å²) in [6.45, 7) is 3.35. The fraction of sp³-hybridized carbons (Fsp3) is 0.357. The molecule has 0 heterocycles. The SMILES string of the molecule is CC(C)C(=O)N[C@H](Cc1ccc(C(=O)O)cc1)C(=O)O. The number of carboxylic acids is 2. The molecule has 0 saturated carbocycles. The lowest BCUT2D eigenvalue weighted by atomic mass is 10.0. The molecule has 1 aromatic rings. The Morgan fingerprint density at radius 3 is 2.05 bits per heavy atom. The topological polar surface area (TPSA) is 104 Å². The van der Waals surface area contributed by atoms with E-state index in [1.54, 1.807) is 26.0 Å². The summed E-state index contributed by atoms with van der Waals surface area (Å²) in [5.41, 5.74) is 0.776. The van der Waals surface area contributed by atoms with Gasteiger partial charge in [-0.3, -0.25) is 4.79 Å². The van der Waals surface area contributed by atoms with Crippen molar-refractivity contribution >= 4 is 17.8 Å². The summed E-state index contributed by atoms with van der Waals surface area (Å²) in [4.78, 5) is 33.4. The molecule has 1 rings (SSSR count). The van der Waals surface area contributed by atoms with Gasteiger partial charge in [0.05, 0.1) is 5.56 Å². The van der Waals surface area contributed by atoms with Crippen molar-refractivity contribution in [2.24, 2.45) is 5.92 Å². The van der Waals surface area contributed by atoms with Crippen LogP contribution in [0.3, 0.4) is 0 Å². The highest BCUT2D eigenvalue weighted by molar-refractivity contribution is 5.87. The molecule has 1 amide bonds. The molecular formula is C14H17NO5. The third kappa shape index (κ3) is 4.38. The van der Waals surface area contributed by atoms with Crippen molar-refractivity contribution < 1.29 is 24.6 Å². The van der Waals surface area contributed by atoms with Crippen LogP contribution in [0.4, 0.5) is 0 Å². The van der Waals surface area contributed by atoms with E-state index in [1.807, 2.05) is 0 Å². The third-order valence-electron chi connectivity index (χ3n) is 2.78. The highest BCUT2D eigenvalue weighted by Crippen LogP contribution is 2.08. The molecule has 0 radical (unpaired) electrons. The molecule has 108 valence electrons. The second-order valence-electron chi connectivity index (χ2n) is 4.76. The molecule has 1 aromatic carbocycles. The summed E-state index contributed by atoms with van der Waals surface area (Å²) >= 11 is 0. The van der Waals surface area contributed by atoms with E-state index in [2.05, 4.69) is 5.32 Å². The first-order chi connectivity index (χ1) is 9.31. The molecule has 3 N–H and O–H groups in total. The number of carboxylic acid groups (broad SMARTS) is 2. The highest BCUT2D eigenvalue weighted by Gasteiger charge is 2.21. The second-order valence-corrected chi connectivity index (χ2v) is 4.76. The summed E-state index contributed by atoms with van der Waals surface area (Å²) in [7, 11) is 0. The van der Waals surface area contributed by atoms with Crippen LogP contribution in [-0.2, 0) is 16.0 Å². The van der Waals surface area contributed by atoms with Gasteiger partial charge in [0.1, 0.15) is 6.04 Å². The molecular weight excluding hydrogens is 262 g/mol. The van der Waals surface area contributed by atoms with Crippen molar-refractivity contribution in [2.75, 3.05) is 0 Å². The zero-order valence-electron chi connectivity index (χ0n) is 11.3. The van der Waals surface area contributed by atoms with Crippen molar-refractivity contribution in [3.63, 3.8) is 0 Å². The van der Waals surface area contributed by atoms with E-state index in [0.717, 1.165) is 0 Å². The van der Waals surface area contributed by atoms with Gasteiger partial charge in [-0.15, -0.1) is 0 Å². The Labute approximate surface area is 116 Å². The third-order valence-corrected chi connectivity index (χ3v) is 2.78. The molecule has 0 saturated heterocycles. The summed E-state index contributed by atoms with van der Waals surface area (Å²) in [6.07, 6.45) is 0.105. The Balaban J connectivity index is 2.78. The smallest absolute Gasteiger partial charge is 0.335 e. The number of amides is 1. The molecule has 20 heavy (non-hydrogen) atoms. The van der Waals surface area contributed by atoms with Gasteiger partial charge in [-0.1, -0.05) is 26.0 Å². The zero-order valence-corrected chi connectivity index (χ0v) is 11.3.